The number of furan rings is 1. The van der Waals surface area contributed by atoms with Gasteiger partial charge in [0.2, 0.25) is 0 Å². The third kappa shape index (κ3) is 7.12. The van der Waals surface area contributed by atoms with E-state index in [1.807, 2.05) is 0 Å². The molecule has 13 rings (SSSR count). The molecule has 0 saturated carbocycles. The van der Waals surface area contributed by atoms with Crippen molar-refractivity contribution < 1.29 is 4.42 Å². The topological polar surface area (TPSA) is 19.6 Å². The van der Waals surface area contributed by atoms with Gasteiger partial charge in [-0.1, -0.05) is 152 Å². The quantitative estimate of drug-likeness (QED) is 0.164. The van der Waals surface area contributed by atoms with Crippen molar-refractivity contribution in [3.8, 4) is 11.1 Å². The Labute approximate surface area is 449 Å². The van der Waals surface area contributed by atoms with Crippen LogP contribution in [0.25, 0.3) is 33.1 Å². The highest BCUT2D eigenvalue weighted by molar-refractivity contribution is 7.00. The Bertz CT molecular complexity index is 3740. The molecule has 3 nitrogen and oxygen atoms in total. The Morgan fingerprint density at radius 2 is 0.827 bits per heavy atom. The SMILES string of the molecule is Cc1cc2c(cc1N1c3cc(C(C)C)ccc3B3c4cc5oc6cc7c(cc6c5cc4N(c4cc5c(cc4C)C(C)(C)CCC5(C)C)c4cc(-c5ccccc5)cc1c43)C(C)(C)CCC7(C)C)C(C)(C)CCC2(C)C. The lowest BCUT2D eigenvalue weighted by molar-refractivity contribution is 0.332. The average molecular weight is 987 g/mol. The molecule has 8 aromatic rings. The van der Waals surface area contributed by atoms with Crippen LogP contribution in [0.3, 0.4) is 0 Å². The maximum Gasteiger partial charge on any atom is 0.252 e. The van der Waals surface area contributed by atoms with Gasteiger partial charge in [-0.05, 0) is 223 Å². The zero-order valence-corrected chi connectivity index (χ0v) is 48.1. The second-order valence-corrected chi connectivity index (χ2v) is 28.4. The van der Waals surface area contributed by atoms with Crippen LogP contribution in [0, 0.1) is 13.8 Å². The summed E-state index contributed by atoms with van der Waals surface area (Å²) in [5, 5.41) is 2.41. The zero-order valence-electron chi connectivity index (χ0n) is 48.1. The largest absolute Gasteiger partial charge is 0.456 e. The van der Waals surface area contributed by atoms with Gasteiger partial charge in [-0.2, -0.15) is 0 Å². The zero-order chi connectivity index (χ0) is 52.8. The van der Waals surface area contributed by atoms with E-state index in [-0.39, 0.29) is 39.2 Å². The molecular weight excluding hydrogens is 908 g/mol. The lowest BCUT2D eigenvalue weighted by Crippen LogP contribution is -2.61. The van der Waals surface area contributed by atoms with Crippen molar-refractivity contribution in [1.82, 2.24) is 0 Å². The lowest BCUT2D eigenvalue weighted by Gasteiger charge is -2.47. The van der Waals surface area contributed by atoms with E-state index in [2.05, 4.69) is 230 Å². The first-order chi connectivity index (χ1) is 35.3. The number of anilines is 6. The van der Waals surface area contributed by atoms with Crippen LogP contribution >= 0.6 is 0 Å². The minimum atomic E-state index is -0.0520. The molecule has 3 aliphatic carbocycles. The van der Waals surface area contributed by atoms with Gasteiger partial charge in [-0.25, -0.2) is 0 Å². The number of hydrogen-bond acceptors (Lipinski definition) is 3. The van der Waals surface area contributed by atoms with Gasteiger partial charge < -0.3 is 14.2 Å². The molecule has 4 heteroatoms. The maximum absolute atomic E-state index is 7.25. The molecule has 0 bridgehead atoms. The fraction of sp³-hybridized carbons (Fsp3) is 0.408. The first-order valence-electron chi connectivity index (χ1n) is 28.6. The van der Waals surface area contributed by atoms with Crippen LogP contribution in [0.15, 0.2) is 114 Å². The first-order valence-corrected chi connectivity index (χ1v) is 28.6. The number of rotatable bonds is 4. The number of fused-ring (bicyclic) bond motifs is 10. The molecule has 0 fully saturated rings. The molecule has 0 amide bonds. The third-order valence-electron chi connectivity index (χ3n) is 20.3. The van der Waals surface area contributed by atoms with E-state index < -0.39 is 0 Å². The van der Waals surface area contributed by atoms with Crippen LogP contribution in [0.4, 0.5) is 34.1 Å². The van der Waals surface area contributed by atoms with Crippen molar-refractivity contribution in [2.24, 2.45) is 0 Å². The minimum Gasteiger partial charge on any atom is -0.456 e. The Morgan fingerprint density at radius 3 is 1.32 bits per heavy atom. The molecule has 75 heavy (non-hydrogen) atoms. The molecular formula is C71H79BN2O. The van der Waals surface area contributed by atoms with E-state index in [0.29, 0.717) is 5.92 Å². The van der Waals surface area contributed by atoms with Crippen molar-refractivity contribution in [3.05, 3.63) is 159 Å². The van der Waals surface area contributed by atoms with Crippen molar-refractivity contribution in [2.75, 3.05) is 9.80 Å². The van der Waals surface area contributed by atoms with Gasteiger partial charge in [0.05, 0.1) is 0 Å². The summed E-state index contributed by atoms with van der Waals surface area (Å²) in [4.78, 5) is 5.42. The predicted molar refractivity (Wildman–Crippen MR) is 323 cm³/mol. The number of nitrogens with zero attached hydrogens (tertiary/aromatic N) is 2. The van der Waals surface area contributed by atoms with E-state index in [4.69, 9.17) is 4.42 Å². The highest BCUT2D eigenvalue weighted by atomic mass is 16.3. The molecule has 7 aromatic carbocycles. The van der Waals surface area contributed by atoms with Crippen molar-refractivity contribution in [2.45, 2.75) is 188 Å². The molecule has 1 aromatic heterocycles. The first kappa shape index (κ1) is 48.6. The third-order valence-corrected chi connectivity index (χ3v) is 20.3. The van der Waals surface area contributed by atoms with Crippen molar-refractivity contribution >= 4 is 79.2 Å². The van der Waals surface area contributed by atoms with E-state index in [1.54, 1.807) is 0 Å². The number of benzene rings is 7. The molecule has 0 radical (unpaired) electrons. The van der Waals surface area contributed by atoms with Crippen molar-refractivity contribution in [1.29, 1.82) is 0 Å². The summed E-state index contributed by atoms with van der Waals surface area (Å²) < 4.78 is 7.25. The Balaban J connectivity index is 1.18. The molecule has 0 saturated heterocycles. The standard InChI is InChI=1S/C71H79BN2O/c1-41(2)45-22-23-55-59(32-45)73(57-37-52-49(30-42(57)3)66(5,6)24-27-69(52,11)12)61-33-46(44-20-18-17-19-21-44)34-62-65(61)72(55)56-40-64-48(47-35-51-54(39-63(47)75-64)71(15,16)29-26-68(51,9)10)36-60(56)74(62)58-38-53-50(31-43(58)4)67(7,8)25-28-70(53,13)14/h17-23,30-41H,24-29H2,1-16H3. The molecule has 2 aliphatic heterocycles. The second-order valence-electron chi connectivity index (χ2n) is 28.4. The second kappa shape index (κ2) is 15.8. The number of aryl methyl sites for hydroxylation is 2. The smallest absolute Gasteiger partial charge is 0.252 e. The summed E-state index contributed by atoms with van der Waals surface area (Å²) >= 11 is 0. The summed E-state index contributed by atoms with van der Waals surface area (Å²) in [6.07, 6.45) is 7.03. The molecule has 382 valence electrons. The van der Waals surface area contributed by atoms with Gasteiger partial charge in [-0.3, -0.25) is 0 Å². The van der Waals surface area contributed by atoms with E-state index >= 15 is 0 Å². The number of hydrogen-bond donors (Lipinski definition) is 0. The normalized spacial score (nSPS) is 19.8. The summed E-state index contributed by atoms with van der Waals surface area (Å²) in [5.74, 6) is 0.362. The van der Waals surface area contributed by atoms with Crippen LogP contribution in [0.2, 0.25) is 0 Å². The predicted octanol–water partition coefficient (Wildman–Crippen LogP) is 18.1. The molecule has 0 unspecified atom stereocenters. The summed E-state index contributed by atoms with van der Waals surface area (Å²) in [5.41, 5.74) is 29.3. The van der Waals surface area contributed by atoms with Crippen LogP contribution in [0.5, 0.6) is 0 Å². The molecule has 0 N–H and O–H groups in total. The van der Waals surface area contributed by atoms with Crippen LogP contribution in [-0.2, 0) is 32.5 Å². The van der Waals surface area contributed by atoms with Gasteiger partial charge in [0, 0.05) is 44.9 Å². The highest BCUT2D eigenvalue weighted by Gasteiger charge is 2.47. The highest BCUT2D eigenvalue weighted by Crippen LogP contribution is 2.55. The molecule has 3 heterocycles. The average Bonchev–Trinajstić information content (AvgIpc) is 3.72. The fourth-order valence-electron chi connectivity index (χ4n) is 14.9. The fourth-order valence-corrected chi connectivity index (χ4v) is 14.9. The van der Waals surface area contributed by atoms with Crippen LogP contribution in [-0.4, -0.2) is 6.71 Å². The molecule has 5 aliphatic rings. The summed E-state index contributed by atoms with van der Waals surface area (Å²) in [6.45, 7) is 38.9. The summed E-state index contributed by atoms with van der Waals surface area (Å²) in [7, 11) is 0. The monoisotopic (exact) mass is 987 g/mol. The maximum atomic E-state index is 7.25. The van der Waals surface area contributed by atoms with Crippen molar-refractivity contribution in [3.63, 3.8) is 0 Å². The van der Waals surface area contributed by atoms with Crippen LogP contribution in [0.1, 0.15) is 191 Å². The van der Waals surface area contributed by atoms with Gasteiger partial charge in [0.1, 0.15) is 11.2 Å². The van der Waals surface area contributed by atoms with E-state index in [9.17, 15) is 0 Å². The Hall–Kier alpha value is -6.00. The van der Waals surface area contributed by atoms with Gasteiger partial charge >= 0.3 is 0 Å². The van der Waals surface area contributed by atoms with E-state index in [1.165, 1.54) is 155 Å². The van der Waals surface area contributed by atoms with Crippen LogP contribution < -0.4 is 26.2 Å². The van der Waals surface area contributed by atoms with E-state index in [0.717, 1.165) is 17.6 Å². The van der Waals surface area contributed by atoms with Gasteiger partial charge in [-0.15, -0.1) is 0 Å². The van der Waals surface area contributed by atoms with Gasteiger partial charge in [0.25, 0.3) is 6.71 Å². The lowest BCUT2D eigenvalue weighted by atomic mass is 9.33. The summed E-state index contributed by atoms with van der Waals surface area (Å²) in [6, 6.07) is 44.1. The Morgan fingerprint density at radius 1 is 0.400 bits per heavy atom. The minimum absolute atomic E-state index is 0.0281. The molecule has 0 atom stereocenters. The Kier molecular flexibility index (Phi) is 10.2. The van der Waals surface area contributed by atoms with Gasteiger partial charge in [0.15, 0.2) is 0 Å². The molecule has 0 spiro atoms.